The molecule has 0 atom stereocenters. The van der Waals surface area contributed by atoms with E-state index in [4.69, 9.17) is 4.52 Å². The van der Waals surface area contributed by atoms with Gasteiger partial charge < -0.3 is 9.42 Å². The highest BCUT2D eigenvalue weighted by Crippen LogP contribution is 2.35. The van der Waals surface area contributed by atoms with Crippen molar-refractivity contribution in [2.75, 3.05) is 18.0 Å². The van der Waals surface area contributed by atoms with E-state index in [2.05, 4.69) is 20.0 Å². The van der Waals surface area contributed by atoms with Gasteiger partial charge in [0.1, 0.15) is 0 Å². The van der Waals surface area contributed by atoms with Gasteiger partial charge >= 0.3 is 0 Å². The Kier molecular flexibility index (Phi) is 4.02. The summed E-state index contributed by atoms with van der Waals surface area (Å²) in [5, 5.41) is 16.2. The summed E-state index contributed by atoms with van der Waals surface area (Å²) >= 11 is 0. The summed E-state index contributed by atoms with van der Waals surface area (Å²) < 4.78 is 5.09. The van der Waals surface area contributed by atoms with Crippen LogP contribution >= 0.6 is 0 Å². The predicted molar refractivity (Wildman–Crippen MR) is 96.4 cm³/mol. The Bertz CT molecular complexity index is 976. The minimum absolute atomic E-state index is 0.0459. The molecule has 4 rings (SSSR count). The van der Waals surface area contributed by atoms with E-state index in [0.29, 0.717) is 11.4 Å². The third kappa shape index (κ3) is 2.87. The summed E-state index contributed by atoms with van der Waals surface area (Å²) in [5.74, 6) is 1.64. The first-order chi connectivity index (χ1) is 12.5. The van der Waals surface area contributed by atoms with Gasteiger partial charge in [-0.05, 0) is 25.8 Å². The molecule has 1 aliphatic rings. The van der Waals surface area contributed by atoms with Gasteiger partial charge in [-0.3, -0.25) is 10.1 Å². The van der Waals surface area contributed by atoms with Gasteiger partial charge in [-0.1, -0.05) is 17.3 Å². The van der Waals surface area contributed by atoms with E-state index in [1.807, 2.05) is 19.1 Å². The molecule has 1 aliphatic heterocycles. The Morgan fingerprint density at radius 1 is 1.23 bits per heavy atom. The average molecular weight is 353 g/mol. The molecule has 0 saturated carbocycles. The number of piperidine rings is 1. The number of nitro benzene ring substituents is 1. The Balaban J connectivity index is 1.65. The molecular weight excluding hydrogens is 334 g/mol. The highest BCUT2D eigenvalue weighted by Gasteiger charge is 2.26. The summed E-state index contributed by atoms with van der Waals surface area (Å²) in [6, 6.07) is 7.13. The van der Waals surface area contributed by atoms with Crippen LogP contribution < -0.4 is 4.90 Å². The van der Waals surface area contributed by atoms with E-state index < -0.39 is 0 Å². The zero-order chi connectivity index (χ0) is 18.3. The van der Waals surface area contributed by atoms with Crippen molar-refractivity contribution in [1.82, 2.24) is 15.1 Å². The van der Waals surface area contributed by atoms with Gasteiger partial charge in [0.25, 0.3) is 5.69 Å². The lowest BCUT2D eigenvalue weighted by atomic mass is 9.95. The second-order valence-corrected chi connectivity index (χ2v) is 6.65. The lowest BCUT2D eigenvalue weighted by Crippen LogP contribution is -2.33. The number of benzene rings is 1. The van der Waals surface area contributed by atoms with Gasteiger partial charge in [0.2, 0.25) is 5.89 Å². The Hall–Kier alpha value is -3.03. The molecule has 0 bridgehead atoms. The van der Waals surface area contributed by atoms with Crippen LogP contribution in [0.2, 0.25) is 0 Å². The first-order valence-corrected chi connectivity index (χ1v) is 8.63. The number of fused-ring (bicyclic) bond motifs is 1. The van der Waals surface area contributed by atoms with E-state index >= 15 is 0 Å². The lowest BCUT2D eigenvalue weighted by molar-refractivity contribution is -0.383. The van der Waals surface area contributed by atoms with Gasteiger partial charge in [0, 0.05) is 48.8 Å². The van der Waals surface area contributed by atoms with E-state index in [1.165, 1.54) is 6.07 Å². The van der Waals surface area contributed by atoms with Crippen LogP contribution in [0.3, 0.4) is 0 Å². The third-order valence-electron chi connectivity index (χ3n) is 4.87. The van der Waals surface area contributed by atoms with Crippen molar-refractivity contribution in [3.05, 3.63) is 51.8 Å². The maximum absolute atomic E-state index is 11.3. The van der Waals surface area contributed by atoms with Crippen LogP contribution in [0, 0.1) is 24.0 Å². The molecule has 0 N–H and O–H groups in total. The summed E-state index contributed by atoms with van der Waals surface area (Å²) in [4.78, 5) is 22.0. The molecule has 1 fully saturated rings. The highest BCUT2D eigenvalue weighted by atomic mass is 16.6. The zero-order valence-corrected chi connectivity index (χ0v) is 14.7. The largest absolute Gasteiger partial charge is 0.371 e. The number of rotatable bonds is 3. The van der Waals surface area contributed by atoms with Gasteiger partial charge in [-0.2, -0.15) is 4.98 Å². The Labute approximate surface area is 150 Å². The number of hydrogen-bond acceptors (Lipinski definition) is 7. The molecule has 26 heavy (non-hydrogen) atoms. The molecule has 8 nitrogen and oxygen atoms in total. The minimum Gasteiger partial charge on any atom is -0.371 e. The Morgan fingerprint density at radius 2 is 2.00 bits per heavy atom. The van der Waals surface area contributed by atoms with Gasteiger partial charge in [-0.15, -0.1) is 0 Å². The topological polar surface area (TPSA) is 98.2 Å². The summed E-state index contributed by atoms with van der Waals surface area (Å²) in [5.41, 5.74) is 2.27. The smallest absolute Gasteiger partial charge is 0.295 e. The maximum atomic E-state index is 11.3. The van der Waals surface area contributed by atoms with E-state index in [0.717, 1.165) is 48.5 Å². The number of anilines is 1. The van der Waals surface area contributed by atoms with Gasteiger partial charge in [0.05, 0.1) is 4.92 Å². The molecule has 8 heteroatoms. The van der Waals surface area contributed by atoms with Crippen LogP contribution in [0.1, 0.15) is 36.2 Å². The number of non-ortho nitro benzene ring substituents is 1. The number of pyridine rings is 1. The molecule has 3 aromatic rings. The number of nitrogens with zero attached hydrogens (tertiary/aromatic N) is 5. The standard InChI is InChI=1S/C18H19N5O3/c1-11-10-16(14-4-3-5-15(23(24)25)17(14)19-11)22-8-6-13(7-9-22)18-20-12(2)26-21-18/h3-5,10,13H,6-9H2,1-2H3. The predicted octanol–water partition coefficient (Wildman–Crippen LogP) is 3.53. The van der Waals surface area contributed by atoms with Crippen molar-refractivity contribution in [1.29, 1.82) is 0 Å². The molecule has 0 spiro atoms. The van der Waals surface area contributed by atoms with Gasteiger partial charge in [0.15, 0.2) is 11.3 Å². The molecule has 0 amide bonds. The fourth-order valence-corrected chi connectivity index (χ4v) is 3.61. The lowest BCUT2D eigenvalue weighted by Gasteiger charge is -2.33. The maximum Gasteiger partial charge on any atom is 0.295 e. The van der Waals surface area contributed by atoms with Crippen molar-refractivity contribution >= 4 is 22.3 Å². The van der Waals surface area contributed by atoms with E-state index in [9.17, 15) is 10.1 Å². The first-order valence-electron chi connectivity index (χ1n) is 8.63. The summed E-state index contributed by atoms with van der Waals surface area (Å²) in [6.07, 6.45) is 1.83. The fraction of sp³-hybridized carbons (Fsp3) is 0.389. The second-order valence-electron chi connectivity index (χ2n) is 6.65. The third-order valence-corrected chi connectivity index (χ3v) is 4.87. The minimum atomic E-state index is -0.372. The highest BCUT2D eigenvalue weighted by molar-refractivity contribution is 5.97. The van der Waals surface area contributed by atoms with Crippen molar-refractivity contribution < 1.29 is 9.45 Å². The molecule has 0 unspecified atom stereocenters. The number of hydrogen-bond donors (Lipinski definition) is 0. The number of aromatic nitrogens is 3. The number of para-hydroxylation sites is 1. The van der Waals surface area contributed by atoms with Gasteiger partial charge in [-0.25, -0.2) is 4.98 Å². The quantitative estimate of drug-likeness (QED) is 0.524. The Morgan fingerprint density at radius 3 is 2.65 bits per heavy atom. The monoisotopic (exact) mass is 353 g/mol. The fourth-order valence-electron chi connectivity index (χ4n) is 3.61. The average Bonchev–Trinajstić information content (AvgIpc) is 3.07. The molecule has 1 saturated heterocycles. The van der Waals surface area contributed by atoms with Crippen LogP contribution in [0.25, 0.3) is 10.9 Å². The van der Waals surface area contributed by atoms with Crippen molar-refractivity contribution in [2.45, 2.75) is 32.6 Å². The molecular formula is C18H19N5O3. The summed E-state index contributed by atoms with van der Waals surface area (Å²) in [7, 11) is 0. The van der Waals surface area contributed by atoms with E-state index in [-0.39, 0.29) is 16.5 Å². The normalized spacial score (nSPS) is 15.5. The number of nitro groups is 1. The molecule has 134 valence electrons. The van der Waals surface area contributed by atoms with Crippen LogP contribution in [0.15, 0.2) is 28.8 Å². The van der Waals surface area contributed by atoms with Crippen molar-refractivity contribution in [3.8, 4) is 0 Å². The summed E-state index contributed by atoms with van der Waals surface area (Å²) in [6.45, 7) is 5.33. The van der Waals surface area contributed by atoms with Crippen LogP contribution in [-0.2, 0) is 0 Å². The molecule has 2 aromatic heterocycles. The SMILES string of the molecule is Cc1cc(N2CCC(c3noc(C)n3)CC2)c2cccc([N+](=O)[O-])c2n1. The molecule has 3 heterocycles. The van der Waals surface area contributed by atoms with E-state index in [1.54, 1.807) is 13.0 Å². The molecule has 1 aromatic carbocycles. The number of aryl methyl sites for hydroxylation is 2. The first kappa shape index (κ1) is 16.4. The second kappa shape index (κ2) is 6.36. The van der Waals surface area contributed by atoms with Crippen molar-refractivity contribution in [2.24, 2.45) is 0 Å². The van der Waals surface area contributed by atoms with Crippen LogP contribution in [0.4, 0.5) is 11.4 Å². The van der Waals surface area contributed by atoms with Crippen LogP contribution in [0.5, 0.6) is 0 Å². The molecule has 0 aliphatic carbocycles. The zero-order valence-electron chi connectivity index (χ0n) is 14.7. The van der Waals surface area contributed by atoms with Crippen molar-refractivity contribution in [3.63, 3.8) is 0 Å². The van der Waals surface area contributed by atoms with Crippen LogP contribution in [-0.4, -0.2) is 33.1 Å². The molecule has 0 radical (unpaired) electrons.